The van der Waals surface area contributed by atoms with Crippen molar-refractivity contribution >= 4 is 5.95 Å². The largest absolute Gasteiger partial charge is 0.356 e. The topological polar surface area (TPSA) is 29.9 Å². The number of nitrogens with one attached hydrogen (secondary N) is 1. The van der Waals surface area contributed by atoms with E-state index in [1.165, 1.54) is 0 Å². The lowest BCUT2D eigenvalue weighted by molar-refractivity contribution is 0.345. The molecule has 74 valence electrons. The van der Waals surface area contributed by atoms with Crippen molar-refractivity contribution in [3.8, 4) is 0 Å². The van der Waals surface area contributed by atoms with Crippen LogP contribution in [0.1, 0.15) is 27.7 Å². The summed E-state index contributed by atoms with van der Waals surface area (Å²) in [5.41, 5.74) is 0.296. The second-order valence-corrected chi connectivity index (χ2v) is 4.47. The van der Waals surface area contributed by atoms with Gasteiger partial charge in [0.2, 0.25) is 5.95 Å². The van der Waals surface area contributed by atoms with Crippen LogP contribution in [0.3, 0.4) is 0 Å². The second kappa shape index (κ2) is 3.81. The molecule has 0 aliphatic heterocycles. The lowest BCUT2D eigenvalue weighted by atomic mass is 9.97. The van der Waals surface area contributed by atoms with Gasteiger partial charge >= 0.3 is 0 Å². The monoisotopic (exact) mass is 181 g/mol. The third-order valence-electron chi connectivity index (χ3n) is 1.70. The fourth-order valence-corrected chi connectivity index (χ4v) is 1.27. The molecule has 1 aromatic rings. The van der Waals surface area contributed by atoms with Crippen LogP contribution in [0.5, 0.6) is 0 Å². The number of nitrogens with zero attached hydrogens (tertiary/aromatic N) is 2. The van der Waals surface area contributed by atoms with E-state index in [0.29, 0.717) is 5.41 Å². The maximum absolute atomic E-state index is 4.24. The van der Waals surface area contributed by atoms with Crippen molar-refractivity contribution in [2.24, 2.45) is 5.41 Å². The van der Waals surface area contributed by atoms with Gasteiger partial charge in [-0.2, -0.15) is 0 Å². The standard InChI is InChI=1S/C10H19N3/c1-5-11-9-12-6-7-13(9)8-10(2,3)4/h6-7H,5,8H2,1-4H3,(H,11,12). The average Bonchev–Trinajstić information content (AvgIpc) is 2.34. The summed E-state index contributed by atoms with van der Waals surface area (Å²) in [6.45, 7) is 10.7. The molecule has 0 bridgehead atoms. The third-order valence-corrected chi connectivity index (χ3v) is 1.70. The molecule has 1 N–H and O–H groups in total. The molecule has 0 atom stereocenters. The minimum absolute atomic E-state index is 0.296. The minimum atomic E-state index is 0.296. The molecule has 0 saturated carbocycles. The van der Waals surface area contributed by atoms with E-state index in [0.717, 1.165) is 19.0 Å². The summed E-state index contributed by atoms with van der Waals surface area (Å²) in [4.78, 5) is 4.24. The van der Waals surface area contributed by atoms with Gasteiger partial charge in [-0.15, -0.1) is 0 Å². The van der Waals surface area contributed by atoms with Crippen LogP contribution in [-0.2, 0) is 6.54 Å². The van der Waals surface area contributed by atoms with Gasteiger partial charge in [0.25, 0.3) is 0 Å². The van der Waals surface area contributed by atoms with Crippen molar-refractivity contribution in [1.82, 2.24) is 9.55 Å². The van der Waals surface area contributed by atoms with Crippen molar-refractivity contribution in [1.29, 1.82) is 0 Å². The first kappa shape index (κ1) is 10.1. The van der Waals surface area contributed by atoms with Gasteiger partial charge in [0.15, 0.2) is 0 Å². The lowest BCUT2D eigenvalue weighted by Crippen LogP contribution is -2.17. The Bertz CT molecular complexity index is 257. The van der Waals surface area contributed by atoms with E-state index in [1.807, 2.05) is 12.4 Å². The summed E-state index contributed by atoms with van der Waals surface area (Å²) >= 11 is 0. The van der Waals surface area contributed by atoms with Crippen LogP contribution in [0.2, 0.25) is 0 Å². The van der Waals surface area contributed by atoms with Gasteiger partial charge in [0.1, 0.15) is 0 Å². The molecule has 0 aromatic carbocycles. The average molecular weight is 181 g/mol. The molecular weight excluding hydrogens is 162 g/mol. The number of imidazole rings is 1. The van der Waals surface area contributed by atoms with E-state index >= 15 is 0 Å². The summed E-state index contributed by atoms with van der Waals surface area (Å²) in [7, 11) is 0. The van der Waals surface area contributed by atoms with Crippen LogP contribution < -0.4 is 5.32 Å². The van der Waals surface area contributed by atoms with Crippen LogP contribution in [0, 0.1) is 5.41 Å². The molecule has 0 aliphatic carbocycles. The summed E-state index contributed by atoms with van der Waals surface area (Å²) in [6.07, 6.45) is 3.85. The number of aromatic nitrogens is 2. The Morgan fingerprint density at radius 2 is 2.15 bits per heavy atom. The maximum atomic E-state index is 4.24. The van der Waals surface area contributed by atoms with Crippen molar-refractivity contribution < 1.29 is 0 Å². The van der Waals surface area contributed by atoms with Crippen LogP contribution in [-0.4, -0.2) is 16.1 Å². The quantitative estimate of drug-likeness (QED) is 0.775. The number of hydrogen-bond donors (Lipinski definition) is 1. The number of anilines is 1. The summed E-state index contributed by atoms with van der Waals surface area (Å²) < 4.78 is 2.16. The Labute approximate surface area is 80.2 Å². The van der Waals surface area contributed by atoms with Crippen molar-refractivity contribution in [3.05, 3.63) is 12.4 Å². The van der Waals surface area contributed by atoms with E-state index in [2.05, 4.69) is 42.6 Å². The molecule has 0 spiro atoms. The third kappa shape index (κ3) is 3.09. The second-order valence-electron chi connectivity index (χ2n) is 4.47. The van der Waals surface area contributed by atoms with Gasteiger partial charge in [0.05, 0.1) is 0 Å². The summed E-state index contributed by atoms with van der Waals surface area (Å²) in [5, 5.41) is 3.23. The highest BCUT2D eigenvalue weighted by molar-refractivity contribution is 5.25. The van der Waals surface area contributed by atoms with Gasteiger partial charge in [-0.3, -0.25) is 0 Å². The van der Waals surface area contributed by atoms with E-state index < -0.39 is 0 Å². The number of hydrogen-bond acceptors (Lipinski definition) is 2. The van der Waals surface area contributed by atoms with Gasteiger partial charge in [-0.25, -0.2) is 4.98 Å². The highest BCUT2D eigenvalue weighted by atomic mass is 15.2. The van der Waals surface area contributed by atoms with Crippen LogP contribution in [0.15, 0.2) is 12.4 Å². The first-order valence-electron chi connectivity index (χ1n) is 4.78. The molecule has 1 aromatic heterocycles. The molecule has 3 nitrogen and oxygen atoms in total. The zero-order valence-corrected chi connectivity index (χ0v) is 8.96. The molecule has 1 heterocycles. The zero-order chi connectivity index (χ0) is 9.90. The molecule has 1 rings (SSSR count). The first-order valence-corrected chi connectivity index (χ1v) is 4.78. The highest BCUT2D eigenvalue weighted by Gasteiger charge is 2.12. The number of rotatable bonds is 3. The predicted molar refractivity (Wildman–Crippen MR) is 55.8 cm³/mol. The molecule has 0 radical (unpaired) electrons. The maximum Gasteiger partial charge on any atom is 0.202 e. The van der Waals surface area contributed by atoms with E-state index in [4.69, 9.17) is 0 Å². The Morgan fingerprint density at radius 3 is 2.69 bits per heavy atom. The fraction of sp³-hybridized carbons (Fsp3) is 0.700. The van der Waals surface area contributed by atoms with Gasteiger partial charge in [-0.1, -0.05) is 20.8 Å². The molecule has 0 amide bonds. The van der Waals surface area contributed by atoms with Gasteiger partial charge in [0, 0.05) is 25.5 Å². The Hall–Kier alpha value is -0.990. The first-order chi connectivity index (χ1) is 6.03. The predicted octanol–water partition coefficient (Wildman–Crippen LogP) is 2.36. The van der Waals surface area contributed by atoms with Gasteiger partial charge < -0.3 is 9.88 Å². The van der Waals surface area contributed by atoms with E-state index in [9.17, 15) is 0 Å². The van der Waals surface area contributed by atoms with E-state index in [-0.39, 0.29) is 0 Å². The lowest BCUT2D eigenvalue weighted by Gasteiger charge is -2.20. The fourth-order valence-electron chi connectivity index (χ4n) is 1.27. The SMILES string of the molecule is CCNc1nccn1CC(C)(C)C. The van der Waals surface area contributed by atoms with Crippen molar-refractivity contribution in [2.75, 3.05) is 11.9 Å². The molecular formula is C10H19N3. The van der Waals surface area contributed by atoms with Crippen LogP contribution in [0.25, 0.3) is 0 Å². The summed E-state index contributed by atoms with van der Waals surface area (Å²) in [5.74, 6) is 0.970. The van der Waals surface area contributed by atoms with Crippen molar-refractivity contribution in [2.45, 2.75) is 34.2 Å². The zero-order valence-electron chi connectivity index (χ0n) is 8.96. The molecule has 0 fully saturated rings. The smallest absolute Gasteiger partial charge is 0.202 e. The molecule has 13 heavy (non-hydrogen) atoms. The Kier molecular flexibility index (Phi) is 2.96. The van der Waals surface area contributed by atoms with Crippen LogP contribution >= 0.6 is 0 Å². The van der Waals surface area contributed by atoms with E-state index in [1.54, 1.807) is 0 Å². The van der Waals surface area contributed by atoms with Crippen molar-refractivity contribution in [3.63, 3.8) is 0 Å². The molecule has 0 unspecified atom stereocenters. The van der Waals surface area contributed by atoms with Gasteiger partial charge in [-0.05, 0) is 12.3 Å². The summed E-state index contributed by atoms with van der Waals surface area (Å²) in [6, 6.07) is 0. The molecule has 0 aliphatic rings. The highest BCUT2D eigenvalue weighted by Crippen LogP contribution is 2.18. The Balaban J connectivity index is 2.70. The van der Waals surface area contributed by atoms with Crippen LogP contribution in [0.4, 0.5) is 5.95 Å². The Morgan fingerprint density at radius 1 is 1.46 bits per heavy atom. The molecule has 0 saturated heterocycles. The molecule has 3 heteroatoms. The normalized spacial score (nSPS) is 11.7. The minimum Gasteiger partial charge on any atom is -0.356 e.